The maximum absolute atomic E-state index is 13.4. The standard InChI is InChI=1S/C21H34O2/c1-19(2)9-5-10-20(3)16(19)8-11-21-12-14(6-7-17(20)21)15(13-23-4)18(21)22/h14-17H,5-13H2,1-4H3/t14-,15-,16-,17+,20-,21-/m0/s1. The summed E-state index contributed by atoms with van der Waals surface area (Å²) in [4.78, 5) is 13.4. The van der Waals surface area contributed by atoms with Crippen molar-refractivity contribution in [3.05, 3.63) is 0 Å². The van der Waals surface area contributed by atoms with E-state index in [0.717, 1.165) is 12.3 Å². The minimum Gasteiger partial charge on any atom is -0.384 e. The molecule has 0 radical (unpaired) electrons. The molecule has 0 saturated heterocycles. The van der Waals surface area contributed by atoms with Gasteiger partial charge in [-0.25, -0.2) is 0 Å². The average Bonchev–Trinajstić information content (AvgIpc) is 2.67. The van der Waals surface area contributed by atoms with Crippen LogP contribution in [0, 0.1) is 39.9 Å². The Morgan fingerprint density at radius 1 is 1.04 bits per heavy atom. The summed E-state index contributed by atoms with van der Waals surface area (Å²) in [6, 6.07) is 0. The van der Waals surface area contributed by atoms with E-state index in [4.69, 9.17) is 4.74 Å². The number of rotatable bonds is 2. The van der Waals surface area contributed by atoms with Crippen molar-refractivity contribution in [2.75, 3.05) is 13.7 Å². The lowest BCUT2D eigenvalue weighted by atomic mass is 9.41. The highest BCUT2D eigenvalue weighted by Gasteiger charge is 2.67. The highest BCUT2D eigenvalue weighted by molar-refractivity contribution is 5.90. The van der Waals surface area contributed by atoms with E-state index in [1.165, 1.54) is 44.9 Å². The minimum absolute atomic E-state index is 0.0186. The summed E-state index contributed by atoms with van der Waals surface area (Å²) < 4.78 is 5.42. The summed E-state index contributed by atoms with van der Waals surface area (Å²) in [6.45, 7) is 8.19. The highest BCUT2D eigenvalue weighted by Crippen LogP contribution is 2.71. The molecule has 0 aliphatic heterocycles. The van der Waals surface area contributed by atoms with Crippen molar-refractivity contribution in [2.24, 2.45) is 39.9 Å². The molecule has 0 unspecified atom stereocenters. The van der Waals surface area contributed by atoms with Crippen LogP contribution in [-0.2, 0) is 9.53 Å². The number of carbonyl (C=O) groups excluding carboxylic acids is 1. The van der Waals surface area contributed by atoms with E-state index in [-0.39, 0.29) is 11.3 Å². The van der Waals surface area contributed by atoms with Gasteiger partial charge in [-0.1, -0.05) is 27.2 Å². The third-order valence-electron chi connectivity index (χ3n) is 8.81. The Labute approximate surface area is 141 Å². The molecule has 2 heteroatoms. The summed E-state index contributed by atoms with van der Waals surface area (Å²) in [5, 5.41) is 0. The number of ketones is 1. The zero-order valence-electron chi connectivity index (χ0n) is 15.5. The quantitative estimate of drug-likeness (QED) is 0.726. The van der Waals surface area contributed by atoms with Crippen molar-refractivity contribution in [3.63, 3.8) is 0 Å². The van der Waals surface area contributed by atoms with Gasteiger partial charge in [-0.3, -0.25) is 4.79 Å². The largest absolute Gasteiger partial charge is 0.384 e. The van der Waals surface area contributed by atoms with Gasteiger partial charge in [0, 0.05) is 18.4 Å². The SMILES string of the molecule is COC[C@@H]1C(=O)[C@]23CC[C@H]4C(C)(C)CCC[C@]4(C)[C@H]2CC[C@H]1C3. The second kappa shape index (κ2) is 5.07. The van der Waals surface area contributed by atoms with E-state index in [1.54, 1.807) is 7.11 Å². The Bertz CT molecular complexity index is 510. The van der Waals surface area contributed by atoms with Gasteiger partial charge in [0.05, 0.1) is 6.61 Å². The van der Waals surface area contributed by atoms with Gasteiger partial charge >= 0.3 is 0 Å². The number of Topliss-reactive ketones (excluding diaryl/α,β-unsaturated/α-hetero) is 1. The third kappa shape index (κ3) is 2.00. The van der Waals surface area contributed by atoms with Crippen LogP contribution < -0.4 is 0 Å². The molecule has 4 fully saturated rings. The smallest absolute Gasteiger partial charge is 0.144 e. The number of hydrogen-bond acceptors (Lipinski definition) is 2. The van der Waals surface area contributed by atoms with Crippen molar-refractivity contribution in [1.82, 2.24) is 0 Å². The zero-order valence-corrected chi connectivity index (χ0v) is 15.5. The Morgan fingerprint density at radius 3 is 2.57 bits per heavy atom. The molecule has 130 valence electrons. The number of hydrogen-bond donors (Lipinski definition) is 0. The highest BCUT2D eigenvalue weighted by atomic mass is 16.5. The molecule has 2 bridgehead atoms. The van der Waals surface area contributed by atoms with Gasteiger partial charge < -0.3 is 4.74 Å². The van der Waals surface area contributed by atoms with E-state index in [0.29, 0.717) is 35.1 Å². The van der Waals surface area contributed by atoms with Gasteiger partial charge in [-0.05, 0) is 73.5 Å². The van der Waals surface area contributed by atoms with E-state index in [2.05, 4.69) is 20.8 Å². The lowest BCUT2D eigenvalue weighted by Crippen LogP contribution is -2.57. The topological polar surface area (TPSA) is 26.3 Å². The Hall–Kier alpha value is -0.370. The van der Waals surface area contributed by atoms with Gasteiger partial charge in [0.2, 0.25) is 0 Å². The summed E-state index contributed by atoms with van der Waals surface area (Å²) in [6.07, 6.45) is 10.2. The fourth-order valence-corrected chi connectivity index (χ4v) is 8.03. The van der Waals surface area contributed by atoms with E-state index in [9.17, 15) is 4.79 Å². The van der Waals surface area contributed by atoms with E-state index < -0.39 is 0 Å². The van der Waals surface area contributed by atoms with Gasteiger partial charge in [0.1, 0.15) is 5.78 Å². The van der Waals surface area contributed by atoms with Crippen LogP contribution in [0.3, 0.4) is 0 Å². The molecule has 0 aromatic carbocycles. The van der Waals surface area contributed by atoms with Gasteiger partial charge in [0.15, 0.2) is 0 Å². The summed E-state index contributed by atoms with van der Waals surface area (Å²) in [7, 11) is 1.76. The molecule has 0 aromatic rings. The minimum atomic E-state index is 0.0186. The van der Waals surface area contributed by atoms with Crippen molar-refractivity contribution < 1.29 is 9.53 Å². The first-order chi connectivity index (χ1) is 10.8. The first kappa shape index (κ1) is 16.1. The molecule has 6 atom stereocenters. The Balaban J connectivity index is 1.72. The molecule has 2 nitrogen and oxygen atoms in total. The fraction of sp³-hybridized carbons (Fsp3) is 0.952. The zero-order chi connectivity index (χ0) is 16.5. The molecule has 0 aromatic heterocycles. The first-order valence-electron chi connectivity index (χ1n) is 9.88. The van der Waals surface area contributed by atoms with Gasteiger partial charge in [-0.15, -0.1) is 0 Å². The van der Waals surface area contributed by atoms with Crippen LogP contribution in [0.4, 0.5) is 0 Å². The van der Waals surface area contributed by atoms with Crippen molar-refractivity contribution in [3.8, 4) is 0 Å². The molecular weight excluding hydrogens is 284 g/mol. The van der Waals surface area contributed by atoms with Gasteiger partial charge in [-0.2, -0.15) is 0 Å². The second-order valence-corrected chi connectivity index (χ2v) is 10.1. The van der Waals surface area contributed by atoms with Crippen molar-refractivity contribution >= 4 is 5.78 Å². The maximum Gasteiger partial charge on any atom is 0.144 e. The Morgan fingerprint density at radius 2 is 1.83 bits per heavy atom. The normalized spacial score (nSPS) is 51.2. The summed E-state index contributed by atoms with van der Waals surface area (Å²) >= 11 is 0. The first-order valence-corrected chi connectivity index (χ1v) is 9.88. The molecule has 4 aliphatic rings. The van der Waals surface area contributed by atoms with Crippen LogP contribution in [0.1, 0.15) is 72.1 Å². The number of carbonyl (C=O) groups is 1. The van der Waals surface area contributed by atoms with Crippen LogP contribution in [0.5, 0.6) is 0 Å². The molecular formula is C21H34O2. The number of fused-ring (bicyclic) bond motifs is 3. The molecule has 4 saturated carbocycles. The van der Waals surface area contributed by atoms with Crippen LogP contribution >= 0.6 is 0 Å². The maximum atomic E-state index is 13.4. The molecule has 0 N–H and O–H groups in total. The molecule has 1 spiro atoms. The fourth-order valence-electron chi connectivity index (χ4n) is 8.03. The lowest BCUT2D eigenvalue weighted by Gasteiger charge is -2.63. The molecule has 0 heterocycles. The summed E-state index contributed by atoms with van der Waals surface area (Å²) in [5.41, 5.74) is 0.867. The second-order valence-electron chi connectivity index (χ2n) is 10.1. The predicted octanol–water partition coefficient (Wildman–Crippen LogP) is 4.86. The average molecular weight is 319 g/mol. The van der Waals surface area contributed by atoms with Crippen molar-refractivity contribution in [2.45, 2.75) is 72.1 Å². The van der Waals surface area contributed by atoms with Gasteiger partial charge in [0.25, 0.3) is 0 Å². The van der Waals surface area contributed by atoms with Crippen LogP contribution in [0.15, 0.2) is 0 Å². The predicted molar refractivity (Wildman–Crippen MR) is 92.1 cm³/mol. The lowest BCUT2D eigenvalue weighted by molar-refractivity contribution is -0.162. The molecule has 0 amide bonds. The molecule has 23 heavy (non-hydrogen) atoms. The Kier molecular flexibility index (Phi) is 3.55. The van der Waals surface area contributed by atoms with E-state index in [1.807, 2.05) is 0 Å². The number of methoxy groups -OCH3 is 1. The third-order valence-corrected chi connectivity index (χ3v) is 8.81. The van der Waals surface area contributed by atoms with Crippen LogP contribution in [0.25, 0.3) is 0 Å². The number of ether oxygens (including phenoxy) is 1. The monoisotopic (exact) mass is 318 g/mol. The van der Waals surface area contributed by atoms with Crippen molar-refractivity contribution in [1.29, 1.82) is 0 Å². The molecule has 4 aliphatic carbocycles. The van der Waals surface area contributed by atoms with E-state index >= 15 is 0 Å². The van der Waals surface area contributed by atoms with Crippen LogP contribution in [0.2, 0.25) is 0 Å². The molecule has 4 rings (SSSR count). The van der Waals surface area contributed by atoms with Crippen LogP contribution in [-0.4, -0.2) is 19.5 Å². The summed E-state index contributed by atoms with van der Waals surface area (Å²) in [5.74, 6) is 2.84.